The lowest BCUT2D eigenvalue weighted by molar-refractivity contribution is -0.116. The fraction of sp³-hybridized carbons (Fsp3) is 0.235. The van der Waals surface area contributed by atoms with Crippen molar-refractivity contribution in [2.24, 2.45) is 0 Å². The van der Waals surface area contributed by atoms with Gasteiger partial charge in [-0.25, -0.2) is 0 Å². The van der Waals surface area contributed by atoms with Crippen molar-refractivity contribution in [1.29, 1.82) is 0 Å². The van der Waals surface area contributed by atoms with Crippen LogP contribution in [0.5, 0.6) is 0 Å². The number of hydrogen-bond acceptors (Lipinski definition) is 2. The summed E-state index contributed by atoms with van der Waals surface area (Å²) in [5.74, 6) is 0.0141. The molecule has 0 unspecified atom stereocenters. The van der Waals surface area contributed by atoms with Crippen molar-refractivity contribution in [3.05, 3.63) is 59.2 Å². The van der Waals surface area contributed by atoms with Crippen LogP contribution >= 0.6 is 0 Å². The van der Waals surface area contributed by atoms with E-state index >= 15 is 0 Å². The highest BCUT2D eigenvalue weighted by Gasteiger charge is 2.06. The summed E-state index contributed by atoms with van der Waals surface area (Å²) in [5, 5.41) is 2.95. The number of nitrogen functional groups attached to an aromatic ring is 1. The Morgan fingerprint density at radius 2 is 1.90 bits per heavy atom. The SMILES string of the molecule is Cc1ccc(NC(=O)CCc2ccccc2N)c(C)c1. The van der Waals surface area contributed by atoms with E-state index in [2.05, 4.69) is 11.4 Å². The molecule has 0 atom stereocenters. The van der Waals surface area contributed by atoms with Crippen molar-refractivity contribution in [3.8, 4) is 0 Å². The van der Waals surface area contributed by atoms with E-state index in [4.69, 9.17) is 5.73 Å². The summed E-state index contributed by atoms with van der Waals surface area (Å²) in [6, 6.07) is 13.7. The Balaban J connectivity index is 1.94. The summed E-state index contributed by atoms with van der Waals surface area (Å²) < 4.78 is 0. The monoisotopic (exact) mass is 268 g/mol. The van der Waals surface area contributed by atoms with Gasteiger partial charge in [-0.2, -0.15) is 0 Å². The molecule has 20 heavy (non-hydrogen) atoms. The molecule has 0 spiro atoms. The smallest absolute Gasteiger partial charge is 0.224 e. The van der Waals surface area contributed by atoms with E-state index in [1.165, 1.54) is 5.56 Å². The van der Waals surface area contributed by atoms with Gasteiger partial charge in [-0.1, -0.05) is 35.9 Å². The second kappa shape index (κ2) is 6.24. The number of nitrogens with one attached hydrogen (secondary N) is 1. The van der Waals surface area contributed by atoms with Gasteiger partial charge in [0.05, 0.1) is 0 Å². The van der Waals surface area contributed by atoms with Crippen molar-refractivity contribution in [2.75, 3.05) is 11.1 Å². The van der Waals surface area contributed by atoms with Gasteiger partial charge in [-0.3, -0.25) is 4.79 Å². The lowest BCUT2D eigenvalue weighted by atomic mass is 10.1. The van der Waals surface area contributed by atoms with Crippen molar-refractivity contribution in [3.63, 3.8) is 0 Å². The van der Waals surface area contributed by atoms with Crippen LogP contribution in [0.4, 0.5) is 11.4 Å². The largest absolute Gasteiger partial charge is 0.399 e. The molecule has 0 heterocycles. The molecule has 2 aromatic carbocycles. The van der Waals surface area contributed by atoms with E-state index in [1.807, 2.05) is 50.2 Å². The lowest BCUT2D eigenvalue weighted by Crippen LogP contribution is -2.13. The molecule has 0 aliphatic heterocycles. The number of rotatable bonds is 4. The van der Waals surface area contributed by atoms with Gasteiger partial charge in [0.1, 0.15) is 0 Å². The first-order valence-corrected chi connectivity index (χ1v) is 6.77. The molecule has 3 heteroatoms. The fourth-order valence-corrected chi connectivity index (χ4v) is 2.18. The maximum atomic E-state index is 12.0. The van der Waals surface area contributed by atoms with Crippen LogP contribution in [-0.2, 0) is 11.2 Å². The first kappa shape index (κ1) is 14.1. The fourth-order valence-electron chi connectivity index (χ4n) is 2.18. The highest BCUT2D eigenvalue weighted by atomic mass is 16.1. The summed E-state index contributed by atoms with van der Waals surface area (Å²) in [6.07, 6.45) is 1.09. The second-order valence-electron chi connectivity index (χ2n) is 5.07. The van der Waals surface area contributed by atoms with Crippen LogP contribution in [0.1, 0.15) is 23.1 Å². The zero-order chi connectivity index (χ0) is 14.5. The van der Waals surface area contributed by atoms with Crippen molar-refractivity contribution in [1.82, 2.24) is 0 Å². The predicted molar refractivity (Wildman–Crippen MR) is 83.7 cm³/mol. The third kappa shape index (κ3) is 3.60. The average Bonchev–Trinajstić information content (AvgIpc) is 2.41. The van der Waals surface area contributed by atoms with Crippen molar-refractivity contribution < 1.29 is 4.79 Å². The molecule has 3 N–H and O–H groups in total. The number of carbonyl (C=O) groups excluding carboxylic acids is 1. The van der Waals surface area contributed by atoms with E-state index in [-0.39, 0.29) is 5.91 Å². The van der Waals surface area contributed by atoms with E-state index in [1.54, 1.807) is 0 Å². The number of aryl methyl sites for hydroxylation is 3. The summed E-state index contributed by atoms with van der Waals surface area (Å²) >= 11 is 0. The number of nitrogens with two attached hydrogens (primary N) is 1. The zero-order valence-corrected chi connectivity index (χ0v) is 11.9. The van der Waals surface area contributed by atoms with Crippen molar-refractivity contribution in [2.45, 2.75) is 26.7 Å². The Kier molecular flexibility index (Phi) is 4.41. The maximum absolute atomic E-state index is 12.0. The highest BCUT2D eigenvalue weighted by molar-refractivity contribution is 5.91. The van der Waals surface area contributed by atoms with E-state index in [0.717, 1.165) is 22.5 Å². The second-order valence-corrected chi connectivity index (χ2v) is 5.07. The Labute approximate surface area is 119 Å². The van der Waals surface area contributed by atoms with Gasteiger partial charge in [0.2, 0.25) is 5.91 Å². The van der Waals surface area contributed by atoms with Gasteiger partial charge in [-0.05, 0) is 43.5 Å². The van der Waals surface area contributed by atoms with Crippen LogP contribution in [0.25, 0.3) is 0 Å². The number of anilines is 2. The van der Waals surface area contributed by atoms with Gasteiger partial charge >= 0.3 is 0 Å². The van der Waals surface area contributed by atoms with Crippen LogP contribution < -0.4 is 11.1 Å². The number of amides is 1. The molecular weight excluding hydrogens is 248 g/mol. The standard InChI is InChI=1S/C17H20N2O/c1-12-7-9-16(13(2)11-12)19-17(20)10-8-14-5-3-4-6-15(14)18/h3-7,9,11H,8,10,18H2,1-2H3,(H,19,20). The molecule has 0 saturated carbocycles. The van der Waals surface area contributed by atoms with E-state index in [0.29, 0.717) is 12.8 Å². The summed E-state index contributed by atoms with van der Waals surface area (Å²) in [4.78, 5) is 12.0. The van der Waals surface area contributed by atoms with Gasteiger partial charge < -0.3 is 11.1 Å². The average molecular weight is 268 g/mol. The first-order chi connectivity index (χ1) is 9.56. The van der Waals surface area contributed by atoms with Crippen LogP contribution in [-0.4, -0.2) is 5.91 Å². The first-order valence-electron chi connectivity index (χ1n) is 6.77. The van der Waals surface area contributed by atoms with Gasteiger partial charge in [-0.15, -0.1) is 0 Å². The van der Waals surface area contributed by atoms with E-state index in [9.17, 15) is 4.79 Å². The van der Waals surface area contributed by atoms with Crippen LogP contribution in [0.15, 0.2) is 42.5 Å². The third-order valence-electron chi connectivity index (χ3n) is 3.33. The minimum atomic E-state index is 0.0141. The van der Waals surface area contributed by atoms with Gasteiger partial charge in [0, 0.05) is 17.8 Å². The minimum Gasteiger partial charge on any atom is -0.399 e. The molecule has 0 aliphatic carbocycles. The Morgan fingerprint density at radius 3 is 2.60 bits per heavy atom. The molecule has 0 saturated heterocycles. The molecule has 2 rings (SSSR count). The molecule has 2 aromatic rings. The summed E-state index contributed by atoms with van der Waals surface area (Å²) in [6.45, 7) is 4.04. The molecule has 1 amide bonds. The maximum Gasteiger partial charge on any atom is 0.224 e. The number of para-hydroxylation sites is 1. The number of hydrogen-bond donors (Lipinski definition) is 2. The number of carbonyl (C=O) groups is 1. The summed E-state index contributed by atoms with van der Waals surface area (Å²) in [5.41, 5.74) is 10.8. The molecule has 3 nitrogen and oxygen atoms in total. The van der Waals surface area contributed by atoms with E-state index < -0.39 is 0 Å². The quantitative estimate of drug-likeness (QED) is 0.834. The van der Waals surface area contributed by atoms with Crippen LogP contribution in [0, 0.1) is 13.8 Å². The molecule has 0 fully saturated rings. The molecular formula is C17H20N2O. The third-order valence-corrected chi connectivity index (χ3v) is 3.33. The molecule has 0 bridgehead atoms. The van der Waals surface area contributed by atoms with Gasteiger partial charge in [0.25, 0.3) is 0 Å². The van der Waals surface area contributed by atoms with Crippen LogP contribution in [0.3, 0.4) is 0 Å². The Morgan fingerprint density at radius 1 is 1.15 bits per heavy atom. The summed E-state index contributed by atoms with van der Waals surface area (Å²) in [7, 11) is 0. The lowest BCUT2D eigenvalue weighted by Gasteiger charge is -2.10. The zero-order valence-electron chi connectivity index (χ0n) is 11.9. The molecule has 0 aliphatic rings. The highest BCUT2D eigenvalue weighted by Crippen LogP contribution is 2.17. The van der Waals surface area contributed by atoms with Crippen LogP contribution in [0.2, 0.25) is 0 Å². The molecule has 0 aromatic heterocycles. The Hall–Kier alpha value is -2.29. The molecule has 0 radical (unpaired) electrons. The number of benzene rings is 2. The topological polar surface area (TPSA) is 55.1 Å². The predicted octanol–water partition coefficient (Wildman–Crippen LogP) is 3.46. The Bertz CT molecular complexity index is 620. The normalized spacial score (nSPS) is 10.3. The van der Waals surface area contributed by atoms with Gasteiger partial charge in [0.15, 0.2) is 0 Å². The van der Waals surface area contributed by atoms with Crippen molar-refractivity contribution >= 4 is 17.3 Å². The molecule has 104 valence electrons. The minimum absolute atomic E-state index is 0.0141.